The third-order valence-corrected chi connectivity index (χ3v) is 4.81. The number of carbonyl (C=O) groups excluding carboxylic acids is 1. The second kappa shape index (κ2) is 10.8. The van der Waals surface area contributed by atoms with Crippen LogP contribution in [-0.2, 0) is 4.79 Å². The molecule has 4 N–H and O–H groups in total. The van der Waals surface area contributed by atoms with E-state index in [-0.39, 0.29) is 17.9 Å². The van der Waals surface area contributed by atoms with Gasteiger partial charge >= 0.3 is 0 Å². The first-order valence-corrected chi connectivity index (χ1v) is 9.71. The molecule has 0 aromatic heterocycles. The third kappa shape index (κ3) is 6.67. The van der Waals surface area contributed by atoms with Gasteiger partial charge in [-0.3, -0.25) is 9.79 Å². The lowest BCUT2D eigenvalue weighted by Crippen LogP contribution is -2.41. The maximum absolute atomic E-state index is 11.4. The summed E-state index contributed by atoms with van der Waals surface area (Å²) in [4.78, 5) is 18.4. The summed E-state index contributed by atoms with van der Waals surface area (Å²) in [5.41, 5.74) is 6.69. The van der Waals surface area contributed by atoms with Crippen LogP contribution in [0.4, 0.5) is 0 Å². The van der Waals surface area contributed by atoms with Crippen molar-refractivity contribution in [2.75, 3.05) is 32.7 Å². The standard InChI is InChI=1S/C20H33N5O/c1-3-22-20(24-16(2)17-9-5-4-6-10-17)23-12-8-14-25-13-7-11-18(15-25)19(21)26/h4-6,9-10,16,18H,3,7-8,11-15H2,1-2H3,(H2,21,26)(H2,22,23,24). The maximum atomic E-state index is 11.4. The van der Waals surface area contributed by atoms with Crippen LogP contribution in [0.2, 0.25) is 0 Å². The van der Waals surface area contributed by atoms with Gasteiger partial charge in [0.25, 0.3) is 0 Å². The van der Waals surface area contributed by atoms with E-state index in [1.54, 1.807) is 0 Å². The fourth-order valence-electron chi connectivity index (χ4n) is 3.33. The molecule has 2 rings (SSSR count). The first-order valence-electron chi connectivity index (χ1n) is 9.71. The van der Waals surface area contributed by atoms with Crippen LogP contribution < -0.4 is 16.4 Å². The van der Waals surface area contributed by atoms with Gasteiger partial charge in [-0.25, -0.2) is 0 Å². The number of nitrogens with two attached hydrogens (primary N) is 1. The Hall–Kier alpha value is -2.08. The Kier molecular flexibility index (Phi) is 8.41. The summed E-state index contributed by atoms with van der Waals surface area (Å²) in [6.07, 6.45) is 2.95. The zero-order valence-corrected chi connectivity index (χ0v) is 16.1. The number of piperidine rings is 1. The van der Waals surface area contributed by atoms with Gasteiger partial charge in [0.15, 0.2) is 5.96 Å². The average Bonchev–Trinajstić information content (AvgIpc) is 2.66. The fraction of sp³-hybridized carbons (Fsp3) is 0.600. The highest BCUT2D eigenvalue weighted by Gasteiger charge is 2.23. The molecule has 1 aromatic carbocycles. The van der Waals surface area contributed by atoms with Crippen LogP contribution in [0.25, 0.3) is 0 Å². The first-order chi connectivity index (χ1) is 12.6. The highest BCUT2D eigenvalue weighted by molar-refractivity contribution is 5.80. The van der Waals surface area contributed by atoms with E-state index in [4.69, 9.17) is 10.7 Å². The van der Waals surface area contributed by atoms with Gasteiger partial charge < -0.3 is 21.3 Å². The molecular formula is C20H33N5O. The zero-order valence-electron chi connectivity index (χ0n) is 16.1. The summed E-state index contributed by atoms with van der Waals surface area (Å²) in [7, 11) is 0. The lowest BCUT2D eigenvalue weighted by atomic mass is 9.97. The summed E-state index contributed by atoms with van der Waals surface area (Å²) < 4.78 is 0. The van der Waals surface area contributed by atoms with Gasteiger partial charge in [0.05, 0.1) is 12.0 Å². The number of carbonyl (C=O) groups is 1. The number of nitrogens with zero attached hydrogens (tertiary/aromatic N) is 2. The molecule has 0 bridgehead atoms. The van der Waals surface area contributed by atoms with E-state index in [1.165, 1.54) is 5.56 Å². The number of aliphatic imine (C=N–C) groups is 1. The van der Waals surface area contributed by atoms with Gasteiger partial charge in [-0.05, 0) is 51.8 Å². The Morgan fingerprint density at radius 2 is 2.15 bits per heavy atom. The summed E-state index contributed by atoms with van der Waals surface area (Å²) in [6, 6.07) is 10.6. The quantitative estimate of drug-likeness (QED) is 0.376. The summed E-state index contributed by atoms with van der Waals surface area (Å²) in [5, 5.41) is 6.77. The molecule has 0 radical (unpaired) electrons. The number of likely N-dealkylation sites (tertiary alicyclic amines) is 1. The third-order valence-electron chi connectivity index (χ3n) is 4.81. The molecule has 26 heavy (non-hydrogen) atoms. The molecule has 6 heteroatoms. The first kappa shape index (κ1) is 20.2. The number of amides is 1. The molecule has 1 saturated heterocycles. The van der Waals surface area contributed by atoms with Crippen molar-refractivity contribution in [3.8, 4) is 0 Å². The van der Waals surface area contributed by atoms with Crippen LogP contribution in [-0.4, -0.2) is 49.5 Å². The predicted octanol–water partition coefficient (Wildman–Crippen LogP) is 1.89. The van der Waals surface area contributed by atoms with Crippen molar-refractivity contribution in [2.45, 2.75) is 39.2 Å². The van der Waals surface area contributed by atoms with E-state index < -0.39 is 0 Å². The van der Waals surface area contributed by atoms with Crippen LogP contribution >= 0.6 is 0 Å². The van der Waals surface area contributed by atoms with Gasteiger partial charge in [0.2, 0.25) is 5.91 Å². The molecule has 0 aliphatic carbocycles. The molecule has 1 amide bonds. The SMILES string of the molecule is CCNC(=NCCCN1CCCC(C(N)=O)C1)NC(C)c1ccccc1. The Morgan fingerprint density at radius 3 is 2.85 bits per heavy atom. The van der Waals surface area contributed by atoms with Crippen molar-refractivity contribution < 1.29 is 4.79 Å². The van der Waals surface area contributed by atoms with Crippen LogP contribution in [0.5, 0.6) is 0 Å². The Labute approximate surface area is 157 Å². The Balaban J connectivity index is 1.78. The molecule has 0 saturated carbocycles. The van der Waals surface area contributed by atoms with Crippen LogP contribution in [0.3, 0.4) is 0 Å². The van der Waals surface area contributed by atoms with Gasteiger partial charge in [-0.2, -0.15) is 0 Å². The predicted molar refractivity (Wildman–Crippen MR) is 107 cm³/mol. The number of nitrogens with one attached hydrogen (secondary N) is 2. The number of benzene rings is 1. The topological polar surface area (TPSA) is 82.8 Å². The van der Waals surface area contributed by atoms with Gasteiger partial charge in [0.1, 0.15) is 0 Å². The Bertz CT molecular complexity index is 575. The monoisotopic (exact) mass is 359 g/mol. The molecule has 2 atom stereocenters. The summed E-state index contributed by atoms with van der Waals surface area (Å²) in [5.74, 6) is 0.691. The molecule has 1 aliphatic heterocycles. The molecule has 1 fully saturated rings. The van der Waals surface area contributed by atoms with E-state index in [0.29, 0.717) is 0 Å². The normalized spacial score (nSPS) is 19.8. The number of rotatable bonds is 8. The molecule has 144 valence electrons. The van der Waals surface area contributed by atoms with Crippen molar-refractivity contribution in [2.24, 2.45) is 16.6 Å². The van der Waals surface area contributed by atoms with E-state index >= 15 is 0 Å². The second-order valence-corrected chi connectivity index (χ2v) is 6.93. The molecule has 2 unspecified atom stereocenters. The number of guanidine groups is 1. The van der Waals surface area contributed by atoms with Crippen molar-refractivity contribution >= 4 is 11.9 Å². The number of hydrogen-bond acceptors (Lipinski definition) is 3. The van der Waals surface area contributed by atoms with Crippen molar-refractivity contribution in [3.05, 3.63) is 35.9 Å². The van der Waals surface area contributed by atoms with Crippen LogP contribution in [0.1, 0.15) is 44.7 Å². The second-order valence-electron chi connectivity index (χ2n) is 6.93. The highest BCUT2D eigenvalue weighted by atomic mass is 16.1. The van der Waals surface area contributed by atoms with Gasteiger partial charge in [-0.15, -0.1) is 0 Å². The molecule has 1 aromatic rings. The smallest absolute Gasteiger partial charge is 0.221 e. The minimum Gasteiger partial charge on any atom is -0.369 e. The minimum absolute atomic E-state index is 0.0120. The van der Waals surface area contributed by atoms with E-state index in [0.717, 1.165) is 57.9 Å². The molecule has 6 nitrogen and oxygen atoms in total. The summed E-state index contributed by atoms with van der Waals surface area (Å²) in [6.45, 7) is 8.61. The molecular weight excluding hydrogens is 326 g/mol. The zero-order chi connectivity index (χ0) is 18.8. The van der Waals surface area contributed by atoms with Crippen LogP contribution in [0, 0.1) is 5.92 Å². The minimum atomic E-state index is -0.166. The van der Waals surface area contributed by atoms with Crippen molar-refractivity contribution in [3.63, 3.8) is 0 Å². The van der Waals surface area contributed by atoms with Crippen LogP contribution in [0.15, 0.2) is 35.3 Å². The fourth-order valence-corrected chi connectivity index (χ4v) is 3.33. The molecule has 1 heterocycles. The maximum Gasteiger partial charge on any atom is 0.221 e. The lowest BCUT2D eigenvalue weighted by molar-refractivity contribution is -0.123. The average molecular weight is 360 g/mol. The number of primary amides is 1. The van der Waals surface area contributed by atoms with Crippen molar-refractivity contribution in [1.82, 2.24) is 15.5 Å². The lowest BCUT2D eigenvalue weighted by Gasteiger charge is -2.30. The van der Waals surface area contributed by atoms with Gasteiger partial charge in [-0.1, -0.05) is 30.3 Å². The van der Waals surface area contributed by atoms with E-state index in [1.807, 2.05) is 6.07 Å². The van der Waals surface area contributed by atoms with E-state index in [9.17, 15) is 4.79 Å². The van der Waals surface area contributed by atoms with Crippen molar-refractivity contribution in [1.29, 1.82) is 0 Å². The number of hydrogen-bond donors (Lipinski definition) is 3. The summed E-state index contributed by atoms with van der Waals surface area (Å²) >= 11 is 0. The highest BCUT2D eigenvalue weighted by Crippen LogP contribution is 2.16. The Morgan fingerprint density at radius 1 is 1.38 bits per heavy atom. The molecule has 1 aliphatic rings. The van der Waals surface area contributed by atoms with E-state index in [2.05, 4.69) is 53.6 Å². The molecule has 0 spiro atoms. The largest absolute Gasteiger partial charge is 0.369 e. The van der Waals surface area contributed by atoms with Gasteiger partial charge in [0, 0.05) is 19.6 Å².